The lowest BCUT2D eigenvalue weighted by atomic mass is 10.00. The van der Waals surface area contributed by atoms with Crippen molar-refractivity contribution in [2.45, 2.75) is 25.9 Å². The summed E-state index contributed by atoms with van der Waals surface area (Å²) < 4.78 is 0. The van der Waals surface area contributed by atoms with Gasteiger partial charge >= 0.3 is 17.8 Å². The smallest absolute Gasteiger partial charge is 0.335 e. The molecule has 5 amide bonds. The molecular weight excluding hydrogens is 406 g/mol. The number of nitrogens with zero attached hydrogens (tertiary/aromatic N) is 2. The molecule has 1 N–H and O–H groups in total. The van der Waals surface area contributed by atoms with Crippen LogP contribution in [-0.2, 0) is 14.4 Å². The number of benzene rings is 3. The lowest BCUT2D eigenvalue weighted by molar-refractivity contribution is -0.144. The number of imide groups is 2. The van der Waals surface area contributed by atoms with Crippen LogP contribution in [-0.4, -0.2) is 40.1 Å². The van der Waals surface area contributed by atoms with Crippen molar-refractivity contribution in [1.29, 1.82) is 0 Å². The number of carbonyl (C=O) groups excluding carboxylic acids is 4. The van der Waals surface area contributed by atoms with Gasteiger partial charge in [-0.15, -0.1) is 0 Å². The van der Waals surface area contributed by atoms with E-state index in [1.54, 1.807) is 31.2 Å². The molecule has 0 radical (unpaired) electrons. The van der Waals surface area contributed by atoms with Crippen LogP contribution in [0.5, 0.6) is 0 Å². The zero-order chi connectivity index (χ0) is 22.8. The molecule has 0 saturated carbocycles. The molecule has 4 rings (SSSR count). The van der Waals surface area contributed by atoms with E-state index in [9.17, 15) is 19.2 Å². The predicted octanol–water partition coefficient (Wildman–Crippen LogP) is 3.57. The highest BCUT2D eigenvalue weighted by molar-refractivity contribution is 6.45. The average Bonchev–Trinajstić information content (AvgIpc) is 3.01. The summed E-state index contributed by atoms with van der Waals surface area (Å²) in [6, 6.07) is 20.8. The van der Waals surface area contributed by atoms with Gasteiger partial charge in [0.15, 0.2) is 0 Å². The van der Waals surface area contributed by atoms with Gasteiger partial charge in [-0.05, 0) is 35.7 Å². The van der Waals surface area contributed by atoms with Crippen molar-refractivity contribution in [3.63, 3.8) is 0 Å². The van der Waals surface area contributed by atoms with Crippen molar-refractivity contribution >= 4 is 34.5 Å². The zero-order valence-electron chi connectivity index (χ0n) is 17.8. The Labute approximate surface area is 185 Å². The summed E-state index contributed by atoms with van der Waals surface area (Å²) >= 11 is 0. The maximum atomic E-state index is 12.8. The van der Waals surface area contributed by atoms with Crippen LogP contribution in [0.4, 0.5) is 4.79 Å². The lowest BCUT2D eigenvalue weighted by Crippen LogP contribution is -2.42. The summed E-state index contributed by atoms with van der Waals surface area (Å²) in [6.45, 7) is 2.99. The molecule has 1 aliphatic heterocycles. The predicted molar refractivity (Wildman–Crippen MR) is 119 cm³/mol. The number of hydrogen-bond acceptors (Lipinski definition) is 4. The third-order valence-electron chi connectivity index (χ3n) is 5.72. The second-order valence-electron chi connectivity index (χ2n) is 7.79. The first-order chi connectivity index (χ1) is 15.4. The third kappa shape index (κ3) is 3.85. The Bertz CT molecular complexity index is 1200. The summed E-state index contributed by atoms with van der Waals surface area (Å²) in [7, 11) is 0. The van der Waals surface area contributed by atoms with Gasteiger partial charge < -0.3 is 5.32 Å². The first-order valence-electron chi connectivity index (χ1n) is 10.4. The van der Waals surface area contributed by atoms with Crippen molar-refractivity contribution in [1.82, 2.24) is 15.1 Å². The molecule has 1 aliphatic rings. The topological polar surface area (TPSA) is 86.8 Å². The molecule has 2 atom stereocenters. The molecule has 0 bridgehead atoms. The second-order valence-corrected chi connectivity index (χ2v) is 7.79. The Hall–Kier alpha value is -4.00. The highest BCUT2D eigenvalue weighted by Crippen LogP contribution is 2.27. The molecule has 2 unspecified atom stereocenters. The van der Waals surface area contributed by atoms with Gasteiger partial charge in [0.2, 0.25) is 5.91 Å². The van der Waals surface area contributed by atoms with Crippen LogP contribution in [0.1, 0.15) is 37.1 Å². The summed E-state index contributed by atoms with van der Waals surface area (Å²) in [4.78, 5) is 52.1. The molecule has 0 aliphatic carbocycles. The standard InChI is InChI=1S/C25H23N3O4/c1-16(20-14-8-12-19-11-6-7-13-21(19)20)26-22(29)15-27-23(30)24(31)28(25(27)32)17(2)18-9-4-3-5-10-18/h3-14,16-17H,15H2,1-2H3,(H,26,29). The molecule has 0 aromatic heterocycles. The minimum atomic E-state index is -0.995. The van der Waals surface area contributed by atoms with E-state index in [0.717, 1.165) is 26.8 Å². The molecule has 3 aromatic rings. The molecule has 162 valence electrons. The fraction of sp³-hybridized carbons (Fsp3) is 0.200. The van der Waals surface area contributed by atoms with Crippen LogP contribution in [0, 0.1) is 0 Å². The molecule has 7 nitrogen and oxygen atoms in total. The monoisotopic (exact) mass is 429 g/mol. The minimum Gasteiger partial charge on any atom is -0.348 e. The highest BCUT2D eigenvalue weighted by atomic mass is 16.2. The number of carbonyl (C=O) groups is 4. The third-order valence-corrected chi connectivity index (χ3v) is 5.72. The highest BCUT2D eigenvalue weighted by Gasteiger charge is 2.47. The largest absolute Gasteiger partial charge is 0.348 e. The zero-order valence-corrected chi connectivity index (χ0v) is 17.8. The van der Waals surface area contributed by atoms with Gasteiger partial charge in [-0.3, -0.25) is 14.4 Å². The summed E-state index contributed by atoms with van der Waals surface area (Å²) in [5, 5.41) is 4.89. The van der Waals surface area contributed by atoms with Gasteiger partial charge in [-0.2, -0.15) is 0 Å². The van der Waals surface area contributed by atoms with Crippen molar-refractivity contribution in [2.24, 2.45) is 0 Å². The fourth-order valence-electron chi connectivity index (χ4n) is 4.02. The van der Waals surface area contributed by atoms with E-state index >= 15 is 0 Å². The minimum absolute atomic E-state index is 0.351. The van der Waals surface area contributed by atoms with E-state index in [1.807, 2.05) is 55.5 Å². The Morgan fingerprint density at radius 1 is 0.844 bits per heavy atom. The Kier molecular flexibility index (Phi) is 5.73. The van der Waals surface area contributed by atoms with Crippen molar-refractivity contribution in [2.75, 3.05) is 6.54 Å². The van der Waals surface area contributed by atoms with Crippen LogP contribution in [0.2, 0.25) is 0 Å². The molecule has 1 heterocycles. The Morgan fingerprint density at radius 2 is 1.50 bits per heavy atom. The molecular formula is C25H23N3O4. The van der Waals surface area contributed by atoms with Gasteiger partial charge in [-0.25, -0.2) is 14.6 Å². The van der Waals surface area contributed by atoms with E-state index in [1.165, 1.54) is 0 Å². The lowest BCUT2D eigenvalue weighted by Gasteiger charge is -2.22. The molecule has 3 aromatic carbocycles. The van der Waals surface area contributed by atoms with Gasteiger partial charge in [0.1, 0.15) is 6.54 Å². The van der Waals surface area contributed by atoms with Crippen LogP contribution < -0.4 is 5.32 Å². The van der Waals surface area contributed by atoms with Gasteiger partial charge in [0.25, 0.3) is 0 Å². The normalized spacial score (nSPS) is 15.9. The maximum absolute atomic E-state index is 12.8. The van der Waals surface area contributed by atoms with Crippen molar-refractivity contribution < 1.29 is 19.2 Å². The number of nitrogens with one attached hydrogen (secondary N) is 1. The Balaban J connectivity index is 1.47. The summed E-state index contributed by atoms with van der Waals surface area (Å²) in [5.74, 6) is -2.44. The first-order valence-corrected chi connectivity index (χ1v) is 10.4. The number of rotatable bonds is 6. The van der Waals surface area contributed by atoms with Crippen molar-refractivity contribution in [3.8, 4) is 0 Å². The average molecular weight is 429 g/mol. The molecule has 1 fully saturated rings. The van der Waals surface area contributed by atoms with E-state index < -0.39 is 36.3 Å². The number of hydrogen-bond donors (Lipinski definition) is 1. The second kappa shape index (κ2) is 8.63. The maximum Gasteiger partial charge on any atom is 0.335 e. The van der Waals surface area contributed by atoms with E-state index in [4.69, 9.17) is 0 Å². The fourth-order valence-corrected chi connectivity index (χ4v) is 4.02. The van der Waals surface area contributed by atoms with Gasteiger partial charge in [0, 0.05) is 0 Å². The van der Waals surface area contributed by atoms with Crippen LogP contribution in [0.3, 0.4) is 0 Å². The quantitative estimate of drug-likeness (QED) is 0.479. The first kappa shape index (κ1) is 21.2. The van der Waals surface area contributed by atoms with Gasteiger partial charge in [0.05, 0.1) is 12.1 Å². The molecule has 1 saturated heterocycles. The number of fused-ring (bicyclic) bond motifs is 1. The molecule has 0 spiro atoms. The van der Waals surface area contributed by atoms with Crippen LogP contribution in [0.25, 0.3) is 10.8 Å². The Morgan fingerprint density at radius 3 is 2.25 bits per heavy atom. The van der Waals surface area contributed by atoms with E-state index in [2.05, 4.69) is 5.32 Å². The molecule has 32 heavy (non-hydrogen) atoms. The van der Waals surface area contributed by atoms with Gasteiger partial charge in [-0.1, -0.05) is 72.8 Å². The van der Waals surface area contributed by atoms with Crippen LogP contribution in [0.15, 0.2) is 72.8 Å². The summed E-state index contributed by atoms with van der Waals surface area (Å²) in [6.07, 6.45) is 0. The van der Waals surface area contributed by atoms with E-state index in [-0.39, 0.29) is 6.04 Å². The SMILES string of the molecule is CC(NC(=O)CN1C(=O)C(=O)N(C(C)c2ccccc2)C1=O)c1cccc2ccccc12. The van der Waals surface area contributed by atoms with Crippen molar-refractivity contribution in [3.05, 3.63) is 83.9 Å². The molecule has 7 heteroatoms. The van der Waals surface area contributed by atoms with E-state index in [0.29, 0.717) is 4.90 Å². The number of amides is 5. The van der Waals surface area contributed by atoms with Crippen LogP contribution >= 0.6 is 0 Å². The summed E-state index contributed by atoms with van der Waals surface area (Å²) in [5.41, 5.74) is 1.64. The number of urea groups is 1.